The highest BCUT2D eigenvalue weighted by atomic mass is 15.1. The molecule has 0 fully saturated rings. The van der Waals surface area contributed by atoms with Crippen LogP contribution in [0.15, 0.2) is 24.3 Å². The highest BCUT2D eigenvalue weighted by Gasteiger charge is 2.05. The Morgan fingerprint density at radius 2 is 1.69 bits per heavy atom. The molecule has 0 unspecified atom stereocenters. The van der Waals surface area contributed by atoms with Crippen molar-refractivity contribution < 1.29 is 0 Å². The number of aryl methyl sites for hydroxylation is 1. The molecule has 0 aliphatic rings. The van der Waals surface area contributed by atoms with E-state index in [1.54, 1.807) is 0 Å². The van der Waals surface area contributed by atoms with Crippen LogP contribution in [0.25, 0.3) is 0 Å². The Morgan fingerprint density at radius 3 is 2.25 bits per heavy atom. The van der Waals surface area contributed by atoms with E-state index < -0.39 is 0 Å². The van der Waals surface area contributed by atoms with Crippen LogP contribution in [0, 0.1) is 0 Å². The van der Waals surface area contributed by atoms with Crippen molar-refractivity contribution in [2.24, 2.45) is 5.73 Å². The maximum absolute atomic E-state index is 5.57. The van der Waals surface area contributed by atoms with Crippen molar-refractivity contribution in [3.05, 3.63) is 35.4 Å². The van der Waals surface area contributed by atoms with Gasteiger partial charge in [0.2, 0.25) is 0 Å². The van der Waals surface area contributed by atoms with Crippen LogP contribution < -0.4 is 5.73 Å². The maximum Gasteiger partial charge on any atom is 0.0236 e. The molecule has 16 heavy (non-hydrogen) atoms. The highest BCUT2D eigenvalue weighted by Crippen LogP contribution is 2.13. The molecule has 2 nitrogen and oxygen atoms in total. The molecule has 2 N–H and O–H groups in total. The summed E-state index contributed by atoms with van der Waals surface area (Å²) in [5, 5.41) is 0. The third-order valence-corrected chi connectivity index (χ3v) is 3.06. The number of rotatable bonds is 7. The molecule has 0 atom stereocenters. The van der Waals surface area contributed by atoms with Crippen molar-refractivity contribution in [3.63, 3.8) is 0 Å². The molecule has 1 aromatic rings. The lowest BCUT2D eigenvalue weighted by Gasteiger charge is -2.20. The van der Waals surface area contributed by atoms with Crippen LogP contribution in [0.1, 0.15) is 31.4 Å². The Hall–Kier alpha value is -0.860. The van der Waals surface area contributed by atoms with E-state index in [-0.39, 0.29) is 0 Å². The number of hydrogen-bond acceptors (Lipinski definition) is 2. The van der Waals surface area contributed by atoms with E-state index in [1.807, 2.05) is 0 Å². The molecule has 0 heterocycles. The van der Waals surface area contributed by atoms with Crippen LogP contribution in [0.3, 0.4) is 0 Å². The molecule has 1 aromatic carbocycles. The van der Waals surface area contributed by atoms with Gasteiger partial charge in [0.1, 0.15) is 0 Å². The molecule has 0 bridgehead atoms. The molecule has 0 aliphatic heterocycles. The number of benzene rings is 1. The summed E-state index contributed by atoms with van der Waals surface area (Å²) in [4.78, 5) is 2.45. The minimum absolute atomic E-state index is 0.777. The number of nitrogens with two attached hydrogens (primary N) is 1. The molecule has 0 aliphatic carbocycles. The number of hydrogen-bond donors (Lipinski definition) is 1. The van der Waals surface area contributed by atoms with E-state index in [9.17, 15) is 0 Å². The quantitative estimate of drug-likeness (QED) is 0.764. The Kier molecular flexibility index (Phi) is 6.12. The van der Waals surface area contributed by atoms with Crippen LogP contribution in [-0.2, 0) is 13.0 Å². The minimum Gasteiger partial charge on any atom is -0.330 e. The molecule has 0 amide bonds. The molecule has 0 saturated heterocycles. The Labute approximate surface area is 99.5 Å². The summed E-state index contributed by atoms with van der Waals surface area (Å²) in [5.41, 5.74) is 8.49. The van der Waals surface area contributed by atoms with Gasteiger partial charge >= 0.3 is 0 Å². The summed E-state index contributed by atoms with van der Waals surface area (Å²) in [6.07, 6.45) is 2.18. The predicted octanol–water partition coefficient (Wildman–Crippen LogP) is 2.42. The smallest absolute Gasteiger partial charge is 0.0236 e. The van der Waals surface area contributed by atoms with E-state index in [2.05, 4.69) is 43.0 Å². The average Bonchev–Trinajstić information content (AvgIpc) is 2.34. The van der Waals surface area contributed by atoms with Crippen LogP contribution in [-0.4, -0.2) is 24.5 Å². The normalized spacial score (nSPS) is 11.0. The molecule has 1 rings (SSSR count). The largest absolute Gasteiger partial charge is 0.330 e. The highest BCUT2D eigenvalue weighted by molar-refractivity contribution is 5.27. The lowest BCUT2D eigenvalue weighted by atomic mass is 10.0. The zero-order valence-electron chi connectivity index (χ0n) is 10.6. The summed E-state index contributed by atoms with van der Waals surface area (Å²) in [6, 6.07) is 8.72. The fraction of sp³-hybridized carbons (Fsp3) is 0.571. The molecular formula is C14H24N2. The van der Waals surface area contributed by atoms with E-state index in [0.29, 0.717) is 0 Å². The topological polar surface area (TPSA) is 29.3 Å². The van der Waals surface area contributed by atoms with Crippen LogP contribution in [0.4, 0.5) is 0 Å². The monoisotopic (exact) mass is 220 g/mol. The van der Waals surface area contributed by atoms with Gasteiger partial charge in [-0.15, -0.1) is 0 Å². The Morgan fingerprint density at radius 1 is 1.06 bits per heavy atom. The minimum atomic E-state index is 0.777. The third-order valence-electron chi connectivity index (χ3n) is 3.06. The van der Waals surface area contributed by atoms with E-state index in [1.165, 1.54) is 11.1 Å². The fourth-order valence-corrected chi connectivity index (χ4v) is 1.94. The standard InChI is InChI=1S/C14H24N2/c1-3-16(4-2)12-14-9-6-5-8-13(14)10-7-11-15/h5-6,8-9H,3-4,7,10-12,15H2,1-2H3. The molecule has 2 heteroatoms. The van der Waals surface area contributed by atoms with Crippen LogP contribution in [0.5, 0.6) is 0 Å². The lowest BCUT2D eigenvalue weighted by molar-refractivity contribution is 0.295. The molecule has 0 aromatic heterocycles. The Bertz CT molecular complexity index is 293. The maximum atomic E-state index is 5.57. The summed E-state index contributed by atoms with van der Waals surface area (Å²) < 4.78 is 0. The van der Waals surface area contributed by atoms with E-state index in [4.69, 9.17) is 5.73 Å². The summed E-state index contributed by atoms with van der Waals surface area (Å²) in [7, 11) is 0. The van der Waals surface area contributed by atoms with Crippen molar-refractivity contribution in [2.75, 3.05) is 19.6 Å². The van der Waals surface area contributed by atoms with Gasteiger partial charge in [0.25, 0.3) is 0 Å². The van der Waals surface area contributed by atoms with Crippen LogP contribution in [0.2, 0.25) is 0 Å². The molecule has 0 saturated carbocycles. The van der Waals surface area contributed by atoms with Gasteiger partial charge in [-0.3, -0.25) is 4.90 Å². The number of nitrogens with zero attached hydrogens (tertiary/aromatic N) is 1. The van der Waals surface area contributed by atoms with Crippen molar-refractivity contribution in [3.8, 4) is 0 Å². The molecule has 0 spiro atoms. The van der Waals surface area contributed by atoms with Crippen LogP contribution >= 0.6 is 0 Å². The second-order valence-electron chi connectivity index (χ2n) is 4.12. The van der Waals surface area contributed by atoms with Gasteiger partial charge in [0.05, 0.1) is 0 Å². The van der Waals surface area contributed by atoms with E-state index >= 15 is 0 Å². The zero-order valence-corrected chi connectivity index (χ0v) is 10.6. The van der Waals surface area contributed by atoms with Crippen molar-refractivity contribution in [2.45, 2.75) is 33.2 Å². The van der Waals surface area contributed by atoms with Gasteiger partial charge in [0.15, 0.2) is 0 Å². The van der Waals surface area contributed by atoms with E-state index in [0.717, 1.165) is 39.0 Å². The first-order valence-electron chi connectivity index (χ1n) is 6.31. The first kappa shape index (κ1) is 13.2. The second kappa shape index (κ2) is 7.42. The van der Waals surface area contributed by atoms with Gasteiger partial charge in [0, 0.05) is 6.54 Å². The second-order valence-corrected chi connectivity index (χ2v) is 4.12. The predicted molar refractivity (Wildman–Crippen MR) is 70.4 cm³/mol. The van der Waals surface area contributed by atoms with Crippen molar-refractivity contribution in [1.29, 1.82) is 0 Å². The van der Waals surface area contributed by atoms with Crippen molar-refractivity contribution >= 4 is 0 Å². The zero-order chi connectivity index (χ0) is 11.8. The first-order chi connectivity index (χ1) is 7.81. The third kappa shape index (κ3) is 3.95. The van der Waals surface area contributed by atoms with Crippen molar-refractivity contribution in [1.82, 2.24) is 4.90 Å². The lowest BCUT2D eigenvalue weighted by Crippen LogP contribution is -2.22. The van der Waals surface area contributed by atoms with Gasteiger partial charge < -0.3 is 5.73 Å². The first-order valence-corrected chi connectivity index (χ1v) is 6.31. The average molecular weight is 220 g/mol. The molecule has 0 radical (unpaired) electrons. The molecular weight excluding hydrogens is 196 g/mol. The Balaban J connectivity index is 2.69. The summed E-state index contributed by atoms with van der Waals surface area (Å²) in [5.74, 6) is 0. The van der Waals surface area contributed by atoms with Gasteiger partial charge in [-0.25, -0.2) is 0 Å². The SMILES string of the molecule is CCN(CC)Cc1ccccc1CCCN. The summed E-state index contributed by atoms with van der Waals surface area (Å²) >= 11 is 0. The fourth-order valence-electron chi connectivity index (χ4n) is 1.94. The molecule has 90 valence electrons. The van der Waals surface area contributed by atoms with Gasteiger partial charge in [-0.1, -0.05) is 38.1 Å². The summed E-state index contributed by atoms with van der Waals surface area (Å²) in [6.45, 7) is 8.49. The van der Waals surface area contributed by atoms with Gasteiger partial charge in [-0.2, -0.15) is 0 Å². The van der Waals surface area contributed by atoms with Gasteiger partial charge in [-0.05, 0) is 43.6 Å².